The molecule has 0 aliphatic rings. The molecule has 1 N–H and O–H groups in total. The topological polar surface area (TPSA) is 47.6 Å². The van der Waals surface area contributed by atoms with Crippen LogP contribution in [0.15, 0.2) is 36.4 Å². The molecule has 0 spiro atoms. The van der Waals surface area contributed by atoms with Gasteiger partial charge in [0.15, 0.2) is 0 Å². The molecule has 0 radical (unpaired) electrons. The molecule has 0 bridgehead atoms. The van der Waals surface area contributed by atoms with E-state index in [-0.39, 0.29) is 22.0 Å². The van der Waals surface area contributed by atoms with Gasteiger partial charge >= 0.3 is 6.18 Å². The van der Waals surface area contributed by atoms with Gasteiger partial charge in [-0.25, -0.2) is 0 Å². The molecular weight excluding hydrogens is 347 g/mol. The summed E-state index contributed by atoms with van der Waals surface area (Å²) in [6, 6.07) is 7.02. The molecule has 2 aromatic rings. The highest BCUT2D eigenvalue weighted by atomic mass is 35.5. The maximum Gasteiger partial charge on any atom is 0.416 e. The molecule has 2 rings (SSSR count). The molecule has 0 fully saturated rings. The van der Waals surface area contributed by atoms with Gasteiger partial charge in [-0.2, -0.15) is 13.2 Å². The zero-order chi connectivity index (χ0) is 17.9. The third-order valence-corrected chi connectivity index (χ3v) is 3.47. The van der Waals surface area contributed by atoms with E-state index in [4.69, 9.17) is 21.1 Å². The Labute approximate surface area is 141 Å². The maximum absolute atomic E-state index is 12.7. The van der Waals surface area contributed by atoms with Crippen LogP contribution in [0.25, 0.3) is 0 Å². The summed E-state index contributed by atoms with van der Waals surface area (Å²) in [5.41, 5.74) is -0.927. The van der Waals surface area contributed by atoms with Gasteiger partial charge < -0.3 is 14.8 Å². The first kappa shape index (κ1) is 17.9. The Morgan fingerprint density at radius 2 is 1.83 bits per heavy atom. The van der Waals surface area contributed by atoms with Gasteiger partial charge in [-0.3, -0.25) is 4.79 Å². The lowest BCUT2D eigenvalue weighted by molar-refractivity contribution is -0.137. The number of nitrogens with one attached hydrogen (secondary N) is 1. The number of alkyl halides is 3. The normalized spacial score (nSPS) is 11.1. The quantitative estimate of drug-likeness (QED) is 0.866. The summed E-state index contributed by atoms with van der Waals surface area (Å²) in [6.45, 7) is 0. The Hall–Kier alpha value is -2.41. The van der Waals surface area contributed by atoms with Gasteiger partial charge in [0.25, 0.3) is 5.91 Å². The molecule has 0 unspecified atom stereocenters. The predicted molar refractivity (Wildman–Crippen MR) is 84.0 cm³/mol. The van der Waals surface area contributed by atoms with Crippen molar-refractivity contribution in [3.05, 3.63) is 52.5 Å². The van der Waals surface area contributed by atoms with Gasteiger partial charge in [-0.05, 0) is 18.2 Å². The maximum atomic E-state index is 12.7. The van der Waals surface area contributed by atoms with Crippen LogP contribution in [-0.4, -0.2) is 20.1 Å². The van der Waals surface area contributed by atoms with Gasteiger partial charge in [-0.15, -0.1) is 0 Å². The van der Waals surface area contributed by atoms with Gasteiger partial charge in [0.1, 0.15) is 17.2 Å². The zero-order valence-corrected chi connectivity index (χ0v) is 13.5. The van der Waals surface area contributed by atoms with Gasteiger partial charge in [0, 0.05) is 17.7 Å². The summed E-state index contributed by atoms with van der Waals surface area (Å²) in [5, 5.41) is 2.59. The number of amides is 1. The van der Waals surface area contributed by atoms with E-state index in [0.29, 0.717) is 5.75 Å². The molecule has 24 heavy (non-hydrogen) atoms. The Morgan fingerprint density at radius 1 is 1.12 bits per heavy atom. The minimum atomic E-state index is -4.54. The van der Waals surface area contributed by atoms with E-state index in [9.17, 15) is 18.0 Å². The minimum absolute atomic E-state index is 0.131. The van der Waals surface area contributed by atoms with Crippen molar-refractivity contribution in [1.82, 2.24) is 0 Å². The predicted octanol–water partition coefficient (Wildman–Crippen LogP) is 4.63. The number of carbonyl (C=O) groups is 1. The molecule has 128 valence electrons. The van der Waals surface area contributed by atoms with Crippen LogP contribution in [0.5, 0.6) is 11.5 Å². The van der Waals surface area contributed by atoms with Crippen molar-refractivity contribution in [2.24, 2.45) is 0 Å². The first-order chi connectivity index (χ1) is 11.3. The van der Waals surface area contributed by atoms with E-state index in [0.717, 1.165) is 18.2 Å². The van der Waals surface area contributed by atoms with Gasteiger partial charge in [0.2, 0.25) is 0 Å². The van der Waals surface area contributed by atoms with Crippen molar-refractivity contribution in [3.63, 3.8) is 0 Å². The molecule has 2 aromatic carbocycles. The molecular formula is C16H13ClF3NO3. The molecule has 0 saturated heterocycles. The third kappa shape index (κ3) is 3.91. The average Bonchev–Trinajstić information content (AvgIpc) is 2.55. The van der Waals surface area contributed by atoms with Crippen molar-refractivity contribution in [1.29, 1.82) is 0 Å². The fraction of sp³-hybridized carbons (Fsp3) is 0.188. The van der Waals surface area contributed by atoms with Crippen LogP contribution >= 0.6 is 11.6 Å². The molecule has 0 aromatic heterocycles. The first-order valence-corrected chi connectivity index (χ1v) is 7.04. The Bertz CT molecular complexity index is 763. The number of carbonyl (C=O) groups excluding carboxylic acids is 1. The lowest BCUT2D eigenvalue weighted by Gasteiger charge is -2.14. The van der Waals surface area contributed by atoms with E-state index in [1.807, 2.05) is 0 Å². The highest BCUT2D eigenvalue weighted by Crippen LogP contribution is 2.37. The van der Waals surface area contributed by atoms with Gasteiger partial charge in [0.05, 0.1) is 24.8 Å². The van der Waals surface area contributed by atoms with Crippen molar-refractivity contribution < 1.29 is 27.4 Å². The Balaban J connectivity index is 2.34. The summed E-state index contributed by atoms with van der Waals surface area (Å²) < 4.78 is 48.4. The summed E-state index contributed by atoms with van der Waals surface area (Å²) in [6.07, 6.45) is -4.54. The van der Waals surface area contributed by atoms with E-state index >= 15 is 0 Å². The number of hydrogen-bond donors (Lipinski definition) is 1. The van der Waals surface area contributed by atoms with E-state index < -0.39 is 17.6 Å². The fourth-order valence-electron chi connectivity index (χ4n) is 1.98. The minimum Gasteiger partial charge on any atom is -0.497 e. The van der Waals surface area contributed by atoms with Crippen molar-refractivity contribution >= 4 is 23.2 Å². The van der Waals surface area contributed by atoms with Crippen LogP contribution in [-0.2, 0) is 6.18 Å². The fourth-order valence-corrected chi connectivity index (χ4v) is 2.23. The highest BCUT2D eigenvalue weighted by molar-refractivity contribution is 6.34. The van der Waals surface area contributed by atoms with Gasteiger partial charge in [-0.1, -0.05) is 17.7 Å². The molecule has 4 nitrogen and oxygen atoms in total. The largest absolute Gasteiger partial charge is 0.497 e. The number of hydrogen-bond acceptors (Lipinski definition) is 3. The lowest BCUT2D eigenvalue weighted by Crippen LogP contribution is -2.15. The highest BCUT2D eigenvalue weighted by Gasteiger charge is 2.31. The second-order valence-electron chi connectivity index (χ2n) is 4.72. The average molecular weight is 360 g/mol. The molecule has 0 saturated carbocycles. The van der Waals surface area contributed by atoms with E-state index in [2.05, 4.69) is 5.32 Å². The van der Waals surface area contributed by atoms with Crippen LogP contribution in [0.3, 0.4) is 0 Å². The number of ether oxygens (including phenoxy) is 2. The number of methoxy groups -OCH3 is 2. The summed E-state index contributed by atoms with van der Waals surface area (Å²) in [5.74, 6) is -0.111. The number of benzene rings is 2. The smallest absolute Gasteiger partial charge is 0.416 e. The van der Waals surface area contributed by atoms with Crippen LogP contribution in [0, 0.1) is 0 Å². The SMILES string of the molecule is COc1cc(Cl)c(NC(=O)c2cccc(C(F)(F)F)c2)c(OC)c1. The van der Waals surface area contributed by atoms with E-state index in [1.165, 1.54) is 32.4 Å². The van der Waals surface area contributed by atoms with Crippen LogP contribution in [0.2, 0.25) is 5.02 Å². The molecule has 8 heteroatoms. The molecule has 0 aliphatic heterocycles. The standard InChI is InChI=1S/C16H13ClF3NO3/c1-23-11-7-12(17)14(13(8-11)24-2)21-15(22)9-4-3-5-10(6-9)16(18,19)20/h3-8H,1-2H3,(H,21,22). The number of anilines is 1. The molecule has 0 aliphatic carbocycles. The third-order valence-electron chi connectivity index (χ3n) is 3.17. The summed E-state index contributed by atoms with van der Waals surface area (Å²) >= 11 is 6.07. The summed E-state index contributed by atoms with van der Waals surface area (Å²) in [4.78, 5) is 12.2. The van der Waals surface area contributed by atoms with Crippen LogP contribution in [0.4, 0.5) is 18.9 Å². The number of rotatable bonds is 4. The molecule has 0 atom stereocenters. The summed E-state index contributed by atoms with van der Waals surface area (Å²) in [7, 11) is 2.80. The van der Waals surface area contributed by atoms with Crippen LogP contribution < -0.4 is 14.8 Å². The second kappa shape index (κ2) is 7.00. The lowest BCUT2D eigenvalue weighted by atomic mass is 10.1. The van der Waals surface area contributed by atoms with Crippen molar-refractivity contribution in [2.45, 2.75) is 6.18 Å². The Kier molecular flexibility index (Phi) is 5.23. The van der Waals surface area contributed by atoms with Crippen molar-refractivity contribution in [3.8, 4) is 11.5 Å². The first-order valence-electron chi connectivity index (χ1n) is 6.66. The van der Waals surface area contributed by atoms with E-state index in [1.54, 1.807) is 0 Å². The monoisotopic (exact) mass is 359 g/mol. The molecule has 1 amide bonds. The number of halogens is 4. The Morgan fingerprint density at radius 3 is 2.42 bits per heavy atom. The zero-order valence-electron chi connectivity index (χ0n) is 12.7. The second-order valence-corrected chi connectivity index (χ2v) is 5.13. The van der Waals surface area contributed by atoms with Crippen molar-refractivity contribution in [2.75, 3.05) is 19.5 Å². The van der Waals surface area contributed by atoms with Crippen LogP contribution in [0.1, 0.15) is 15.9 Å². The molecule has 0 heterocycles.